The van der Waals surface area contributed by atoms with Gasteiger partial charge >= 0.3 is 0 Å². The van der Waals surface area contributed by atoms with Gasteiger partial charge in [0.05, 0.1) is 11.2 Å². The standard InChI is InChI=1S/C17H22N2O/c1-12-9-13(2)11-14(10-12)15-7-6-8-16(18-15)19(20)17(3,4)5/h6-11,20H,1-5H3. The zero-order chi connectivity index (χ0) is 14.9. The van der Waals surface area contributed by atoms with E-state index in [0.717, 1.165) is 11.3 Å². The van der Waals surface area contributed by atoms with Crippen molar-refractivity contribution in [2.24, 2.45) is 0 Å². The van der Waals surface area contributed by atoms with Gasteiger partial charge in [-0.2, -0.15) is 0 Å². The third-order valence-electron chi connectivity index (χ3n) is 3.10. The predicted molar refractivity (Wildman–Crippen MR) is 83.2 cm³/mol. The molecule has 2 rings (SSSR count). The smallest absolute Gasteiger partial charge is 0.153 e. The van der Waals surface area contributed by atoms with Gasteiger partial charge in [0.15, 0.2) is 5.82 Å². The monoisotopic (exact) mass is 270 g/mol. The molecule has 106 valence electrons. The zero-order valence-electron chi connectivity index (χ0n) is 12.8. The van der Waals surface area contributed by atoms with Crippen LogP contribution in [-0.4, -0.2) is 15.7 Å². The number of aromatic nitrogens is 1. The van der Waals surface area contributed by atoms with Crippen LogP contribution >= 0.6 is 0 Å². The van der Waals surface area contributed by atoms with Gasteiger partial charge in [0.1, 0.15) is 0 Å². The van der Waals surface area contributed by atoms with Crippen LogP contribution in [0.15, 0.2) is 36.4 Å². The summed E-state index contributed by atoms with van der Waals surface area (Å²) in [6.45, 7) is 9.98. The molecule has 0 amide bonds. The van der Waals surface area contributed by atoms with E-state index in [9.17, 15) is 5.21 Å². The first-order chi connectivity index (χ1) is 9.27. The normalized spacial score (nSPS) is 11.5. The van der Waals surface area contributed by atoms with Crippen LogP contribution < -0.4 is 5.06 Å². The Morgan fingerprint density at radius 1 is 1.00 bits per heavy atom. The van der Waals surface area contributed by atoms with Crippen molar-refractivity contribution in [1.82, 2.24) is 4.98 Å². The summed E-state index contributed by atoms with van der Waals surface area (Å²) < 4.78 is 0. The third-order valence-corrected chi connectivity index (χ3v) is 3.10. The Labute approximate surface area is 120 Å². The molecule has 0 atom stereocenters. The SMILES string of the molecule is Cc1cc(C)cc(-c2cccc(N(O)C(C)(C)C)n2)c1. The largest absolute Gasteiger partial charge is 0.286 e. The van der Waals surface area contributed by atoms with Crippen LogP contribution in [0.4, 0.5) is 5.82 Å². The molecule has 0 spiro atoms. The molecule has 0 aliphatic heterocycles. The molecule has 0 saturated carbocycles. The molecule has 3 nitrogen and oxygen atoms in total. The highest BCUT2D eigenvalue weighted by atomic mass is 16.5. The maximum atomic E-state index is 10.2. The van der Waals surface area contributed by atoms with E-state index in [0.29, 0.717) is 5.82 Å². The van der Waals surface area contributed by atoms with E-state index in [1.807, 2.05) is 39.0 Å². The molecular formula is C17H22N2O. The average molecular weight is 270 g/mol. The Balaban J connectivity index is 2.44. The molecule has 3 heteroatoms. The summed E-state index contributed by atoms with van der Waals surface area (Å²) in [7, 11) is 0. The third kappa shape index (κ3) is 3.17. The van der Waals surface area contributed by atoms with Gasteiger partial charge in [-0.15, -0.1) is 0 Å². The van der Waals surface area contributed by atoms with E-state index in [1.54, 1.807) is 0 Å². The molecule has 0 bridgehead atoms. The molecule has 2 aromatic rings. The van der Waals surface area contributed by atoms with Gasteiger partial charge in [0.2, 0.25) is 0 Å². The van der Waals surface area contributed by atoms with Gasteiger partial charge < -0.3 is 0 Å². The Morgan fingerprint density at radius 2 is 1.60 bits per heavy atom. The van der Waals surface area contributed by atoms with Gasteiger partial charge in [-0.1, -0.05) is 23.3 Å². The van der Waals surface area contributed by atoms with Gasteiger partial charge in [-0.3, -0.25) is 5.21 Å². The molecule has 0 aliphatic rings. The Bertz CT molecular complexity index is 594. The molecule has 0 radical (unpaired) electrons. The number of hydrogen-bond acceptors (Lipinski definition) is 3. The van der Waals surface area contributed by atoms with Crippen molar-refractivity contribution in [3.8, 4) is 11.3 Å². The highest BCUT2D eigenvalue weighted by Crippen LogP contribution is 2.25. The van der Waals surface area contributed by atoms with E-state index in [1.165, 1.54) is 16.2 Å². The zero-order valence-corrected chi connectivity index (χ0v) is 12.8. The summed E-state index contributed by atoms with van der Waals surface area (Å²) in [5.74, 6) is 0.564. The van der Waals surface area contributed by atoms with Crippen molar-refractivity contribution >= 4 is 5.82 Å². The number of benzene rings is 1. The van der Waals surface area contributed by atoms with E-state index in [2.05, 4.69) is 37.0 Å². The molecule has 0 unspecified atom stereocenters. The first-order valence-corrected chi connectivity index (χ1v) is 6.82. The van der Waals surface area contributed by atoms with Crippen molar-refractivity contribution in [2.75, 3.05) is 5.06 Å². The number of nitrogens with zero attached hydrogens (tertiary/aromatic N) is 2. The van der Waals surface area contributed by atoms with E-state index in [-0.39, 0.29) is 5.54 Å². The topological polar surface area (TPSA) is 36.4 Å². The molecular weight excluding hydrogens is 248 g/mol. The fourth-order valence-electron chi connectivity index (χ4n) is 2.17. The van der Waals surface area contributed by atoms with Crippen molar-refractivity contribution in [2.45, 2.75) is 40.2 Å². The minimum absolute atomic E-state index is 0.381. The van der Waals surface area contributed by atoms with E-state index in [4.69, 9.17) is 0 Å². The van der Waals surface area contributed by atoms with Crippen molar-refractivity contribution in [3.05, 3.63) is 47.5 Å². The lowest BCUT2D eigenvalue weighted by Gasteiger charge is -2.30. The summed E-state index contributed by atoms with van der Waals surface area (Å²) in [5, 5.41) is 11.4. The van der Waals surface area contributed by atoms with E-state index < -0.39 is 0 Å². The van der Waals surface area contributed by atoms with Gasteiger partial charge in [-0.25, -0.2) is 10.0 Å². The average Bonchev–Trinajstić information content (AvgIpc) is 2.36. The molecule has 0 aliphatic carbocycles. The number of rotatable bonds is 2. The molecule has 1 N–H and O–H groups in total. The highest BCUT2D eigenvalue weighted by molar-refractivity contribution is 5.63. The predicted octanol–water partition coefficient (Wildman–Crippen LogP) is 4.36. The Hall–Kier alpha value is -1.87. The number of pyridine rings is 1. The second-order valence-corrected chi connectivity index (χ2v) is 6.24. The fraction of sp³-hybridized carbons (Fsp3) is 0.353. The second-order valence-electron chi connectivity index (χ2n) is 6.24. The number of anilines is 1. The van der Waals surface area contributed by atoms with Crippen molar-refractivity contribution in [1.29, 1.82) is 0 Å². The lowest BCUT2D eigenvalue weighted by molar-refractivity contribution is 0.178. The first kappa shape index (κ1) is 14.5. The van der Waals surface area contributed by atoms with Crippen LogP contribution in [0.5, 0.6) is 0 Å². The van der Waals surface area contributed by atoms with Crippen molar-refractivity contribution in [3.63, 3.8) is 0 Å². The quantitative estimate of drug-likeness (QED) is 0.824. The number of aryl methyl sites for hydroxylation is 2. The van der Waals surface area contributed by atoms with Crippen LogP contribution in [0.2, 0.25) is 0 Å². The Morgan fingerprint density at radius 3 is 2.15 bits per heavy atom. The van der Waals surface area contributed by atoms with Crippen LogP contribution in [0.3, 0.4) is 0 Å². The maximum Gasteiger partial charge on any atom is 0.153 e. The van der Waals surface area contributed by atoms with Crippen LogP contribution in [0.1, 0.15) is 31.9 Å². The molecule has 1 aromatic heterocycles. The molecule has 20 heavy (non-hydrogen) atoms. The summed E-state index contributed by atoms with van der Waals surface area (Å²) in [6, 6.07) is 12.1. The minimum Gasteiger partial charge on any atom is -0.286 e. The lowest BCUT2D eigenvalue weighted by Crippen LogP contribution is -2.39. The summed E-state index contributed by atoms with van der Waals surface area (Å²) >= 11 is 0. The molecule has 1 aromatic carbocycles. The van der Waals surface area contributed by atoms with Crippen molar-refractivity contribution < 1.29 is 5.21 Å². The molecule has 0 saturated heterocycles. The first-order valence-electron chi connectivity index (χ1n) is 6.82. The summed E-state index contributed by atoms with van der Waals surface area (Å²) in [4.78, 5) is 4.57. The number of hydrogen-bond donors (Lipinski definition) is 1. The van der Waals surface area contributed by atoms with Gasteiger partial charge in [0, 0.05) is 5.56 Å². The summed E-state index contributed by atoms with van der Waals surface area (Å²) in [6.07, 6.45) is 0. The van der Waals surface area contributed by atoms with Crippen LogP contribution in [0, 0.1) is 13.8 Å². The van der Waals surface area contributed by atoms with Gasteiger partial charge in [-0.05, 0) is 58.9 Å². The van der Waals surface area contributed by atoms with Gasteiger partial charge in [0.25, 0.3) is 0 Å². The Kier molecular flexibility index (Phi) is 3.82. The lowest BCUT2D eigenvalue weighted by atomic mass is 10.0. The maximum absolute atomic E-state index is 10.2. The second kappa shape index (κ2) is 5.25. The number of hydroxylamine groups is 1. The van der Waals surface area contributed by atoms with E-state index >= 15 is 0 Å². The highest BCUT2D eigenvalue weighted by Gasteiger charge is 2.21. The fourth-order valence-corrected chi connectivity index (χ4v) is 2.17. The summed E-state index contributed by atoms with van der Waals surface area (Å²) in [5.41, 5.74) is 3.99. The minimum atomic E-state index is -0.381. The molecule has 0 fully saturated rings. The van der Waals surface area contributed by atoms with Crippen LogP contribution in [-0.2, 0) is 0 Å². The van der Waals surface area contributed by atoms with Crippen LogP contribution in [0.25, 0.3) is 11.3 Å². The molecule has 1 heterocycles.